The molecule has 0 aliphatic heterocycles. The SMILES string of the molecule is CC(=O)OC1C(=O)C[C@H](O)[C@@H]1/C(O)=C/CCCc1ccccc1. The zero-order valence-corrected chi connectivity index (χ0v) is 13.1. The van der Waals surface area contributed by atoms with Crippen LogP contribution in [0.1, 0.15) is 31.7 Å². The van der Waals surface area contributed by atoms with Crippen LogP contribution in [-0.2, 0) is 20.7 Å². The summed E-state index contributed by atoms with van der Waals surface area (Å²) < 4.78 is 4.95. The lowest BCUT2D eigenvalue weighted by Gasteiger charge is -2.20. The van der Waals surface area contributed by atoms with E-state index in [0.29, 0.717) is 6.42 Å². The molecule has 2 rings (SSSR count). The topological polar surface area (TPSA) is 83.8 Å². The Labute approximate surface area is 135 Å². The number of Topliss-reactive ketones (excluding diaryl/α,β-unsaturated/α-hetero) is 1. The molecule has 0 heterocycles. The second kappa shape index (κ2) is 7.92. The monoisotopic (exact) mass is 318 g/mol. The van der Waals surface area contributed by atoms with Crippen LogP contribution < -0.4 is 0 Å². The van der Waals surface area contributed by atoms with E-state index in [0.717, 1.165) is 12.8 Å². The smallest absolute Gasteiger partial charge is 0.303 e. The van der Waals surface area contributed by atoms with E-state index in [4.69, 9.17) is 4.74 Å². The zero-order valence-electron chi connectivity index (χ0n) is 13.1. The largest absolute Gasteiger partial charge is 0.512 e. The van der Waals surface area contributed by atoms with Crippen LogP contribution in [0.2, 0.25) is 0 Å². The lowest BCUT2D eigenvalue weighted by Crippen LogP contribution is -2.31. The molecule has 3 atom stereocenters. The first-order chi connectivity index (χ1) is 11.0. The van der Waals surface area contributed by atoms with Gasteiger partial charge in [-0.05, 0) is 30.9 Å². The third-order valence-electron chi connectivity index (χ3n) is 3.97. The highest BCUT2D eigenvalue weighted by Crippen LogP contribution is 2.31. The predicted octanol–water partition coefficient (Wildman–Crippen LogP) is 2.33. The highest BCUT2D eigenvalue weighted by molar-refractivity contribution is 5.88. The Hall–Kier alpha value is -2.14. The third-order valence-corrected chi connectivity index (χ3v) is 3.97. The van der Waals surface area contributed by atoms with E-state index in [-0.39, 0.29) is 18.0 Å². The summed E-state index contributed by atoms with van der Waals surface area (Å²) in [6.45, 7) is 1.20. The molecule has 0 spiro atoms. The van der Waals surface area contributed by atoms with E-state index in [9.17, 15) is 19.8 Å². The molecule has 0 saturated heterocycles. The molecular formula is C18H22O5. The first-order valence-electron chi connectivity index (χ1n) is 7.80. The number of ether oxygens (including phenoxy) is 1. The first-order valence-corrected chi connectivity index (χ1v) is 7.80. The van der Waals surface area contributed by atoms with Crippen molar-refractivity contribution in [3.05, 3.63) is 47.7 Å². The molecule has 5 heteroatoms. The number of carbonyl (C=O) groups excluding carboxylic acids is 2. The van der Waals surface area contributed by atoms with Crippen molar-refractivity contribution >= 4 is 11.8 Å². The van der Waals surface area contributed by atoms with Crippen LogP contribution in [0, 0.1) is 5.92 Å². The summed E-state index contributed by atoms with van der Waals surface area (Å²) in [5.41, 5.74) is 1.22. The molecule has 124 valence electrons. The van der Waals surface area contributed by atoms with Gasteiger partial charge >= 0.3 is 5.97 Å². The Kier molecular flexibility index (Phi) is 5.93. The fourth-order valence-electron chi connectivity index (χ4n) is 2.86. The molecular weight excluding hydrogens is 296 g/mol. The Morgan fingerprint density at radius 3 is 2.70 bits per heavy atom. The normalized spacial score (nSPS) is 24.7. The van der Waals surface area contributed by atoms with Gasteiger partial charge in [0.15, 0.2) is 11.9 Å². The molecule has 0 bridgehead atoms. The predicted molar refractivity (Wildman–Crippen MR) is 84.8 cm³/mol. The standard InChI is InChI=1S/C18H22O5/c1-12(19)23-18-16(22)11-15(21)17(18)14(20)10-6-5-9-13-7-3-2-4-8-13/h2-4,7-8,10,15,17-18,20-21H,5-6,9,11H2,1H3/b14-10-/t15-,17-,18?/m0/s1. The van der Waals surface area contributed by atoms with Crippen LogP contribution in [-0.4, -0.2) is 34.2 Å². The van der Waals surface area contributed by atoms with E-state index >= 15 is 0 Å². The molecule has 1 fully saturated rings. The Balaban J connectivity index is 1.92. The number of hydrogen-bond donors (Lipinski definition) is 2. The first kappa shape index (κ1) is 17.2. The lowest BCUT2D eigenvalue weighted by molar-refractivity contribution is -0.153. The molecule has 2 N–H and O–H groups in total. The van der Waals surface area contributed by atoms with Crippen LogP contribution in [0.4, 0.5) is 0 Å². The minimum absolute atomic E-state index is 0.0809. The molecule has 1 saturated carbocycles. The zero-order chi connectivity index (χ0) is 16.8. The van der Waals surface area contributed by atoms with Crippen LogP contribution in [0.15, 0.2) is 42.2 Å². The van der Waals surface area contributed by atoms with Crippen LogP contribution in [0.5, 0.6) is 0 Å². The summed E-state index contributed by atoms with van der Waals surface area (Å²) in [7, 11) is 0. The van der Waals surface area contributed by atoms with Crippen molar-refractivity contribution < 1.29 is 24.5 Å². The van der Waals surface area contributed by atoms with Gasteiger partial charge in [0.25, 0.3) is 0 Å². The summed E-state index contributed by atoms with van der Waals surface area (Å²) in [5, 5.41) is 20.1. The van der Waals surface area contributed by atoms with Gasteiger partial charge in [-0.1, -0.05) is 30.3 Å². The van der Waals surface area contributed by atoms with Crippen LogP contribution >= 0.6 is 0 Å². The maximum absolute atomic E-state index is 11.8. The van der Waals surface area contributed by atoms with E-state index < -0.39 is 24.1 Å². The maximum atomic E-state index is 11.8. The molecule has 23 heavy (non-hydrogen) atoms. The minimum Gasteiger partial charge on any atom is -0.512 e. The lowest BCUT2D eigenvalue weighted by atomic mass is 9.99. The number of aryl methyl sites for hydroxylation is 1. The Bertz CT molecular complexity index is 578. The molecule has 0 amide bonds. The number of carbonyl (C=O) groups is 2. The second-order valence-electron chi connectivity index (χ2n) is 5.80. The molecule has 0 radical (unpaired) electrons. The van der Waals surface area contributed by atoms with E-state index in [2.05, 4.69) is 0 Å². The molecule has 0 aromatic heterocycles. The average Bonchev–Trinajstić information content (AvgIpc) is 2.78. The van der Waals surface area contributed by atoms with Gasteiger partial charge in [-0.25, -0.2) is 0 Å². The van der Waals surface area contributed by atoms with Gasteiger partial charge in [-0.3, -0.25) is 9.59 Å². The molecule has 1 aromatic carbocycles. The third kappa shape index (κ3) is 4.66. The molecule has 1 aromatic rings. The van der Waals surface area contributed by atoms with E-state index in [1.165, 1.54) is 12.5 Å². The number of ketones is 1. The highest BCUT2D eigenvalue weighted by atomic mass is 16.5. The van der Waals surface area contributed by atoms with Gasteiger partial charge in [-0.15, -0.1) is 0 Å². The number of hydrogen-bond acceptors (Lipinski definition) is 5. The van der Waals surface area contributed by atoms with Gasteiger partial charge in [0, 0.05) is 13.3 Å². The number of allylic oxidation sites excluding steroid dienone is 1. The van der Waals surface area contributed by atoms with Gasteiger partial charge in [0.1, 0.15) is 0 Å². The number of unbranched alkanes of at least 4 members (excludes halogenated alkanes) is 1. The summed E-state index contributed by atoms with van der Waals surface area (Å²) in [5.74, 6) is -1.90. The Morgan fingerprint density at radius 2 is 2.04 bits per heavy atom. The summed E-state index contributed by atoms with van der Waals surface area (Å²) in [6, 6.07) is 10.0. The number of esters is 1. The second-order valence-corrected chi connectivity index (χ2v) is 5.80. The summed E-state index contributed by atoms with van der Waals surface area (Å²) >= 11 is 0. The van der Waals surface area contributed by atoms with Crippen LogP contribution in [0.3, 0.4) is 0 Å². The molecule has 5 nitrogen and oxygen atoms in total. The highest BCUT2D eigenvalue weighted by Gasteiger charge is 2.46. The molecule has 1 aliphatic rings. The number of rotatable bonds is 6. The van der Waals surface area contributed by atoms with Gasteiger partial charge in [0.05, 0.1) is 17.8 Å². The number of aliphatic hydroxyl groups is 2. The average molecular weight is 318 g/mol. The van der Waals surface area contributed by atoms with Crippen molar-refractivity contribution in [2.45, 2.75) is 44.8 Å². The van der Waals surface area contributed by atoms with E-state index in [1.54, 1.807) is 6.08 Å². The van der Waals surface area contributed by atoms with E-state index in [1.807, 2.05) is 30.3 Å². The van der Waals surface area contributed by atoms with Crippen molar-refractivity contribution in [3.63, 3.8) is 0 Å². The molecule has 1 aliphatic carbocycles. The fraction of sp³-hybridized carbons (Fsp3) is 0.444. The summed E-state index contributed by atoms with van der Waals surface area (Å²) in [6.07, 6.45) is 1.72. The number of aliphatic hydroxyl groups excluding tert-OH is 2. The van der Waals surface area contributed by atoms with Crippen molar-refractivity contribution in [2.24, 2.45) is 5.92 Å². The molecule has 1 unspecified atom stereocenters. The van der Waals surface area contributed by atoms with Gasteiger partial charge < -0.3 is 14.9 Å². The minimum atomic E-state index is -1.09. The maximum Gasteiger partial charge on any atom is 0.303 e. The summed E-state index contributed by atoms with van der Waals surface area (Å²) in [4.78, 5) is 22.9. The van der Waals surface area contributed by atoms with Crippen molar-refractivity contribution in [1.82, 2.24) is 0 Å². The quantitative estimate of drug-likeness (QED) is 0.478. The fourth-order valence-corrected chi connectivity index (χ4v) is 2.86. The Morgan fingerprint density at radius 1 is 1.35 bits per heavy atom. The van der Waals surface area contributed by atoms with Crippen molar-refractivity contribution in [2.75, 3.05) is 0 Å². The van der Waals surface area contributed by atoms with Crippen molar-refractivity contribution in [3.8, 4) is 0 Å². The number of benzene rings is 1. The van der Waals surface area contributed by atoms with Crippen LogP contribution in [0.25, 0.3) is 0 Å². The van der Waals surface area contributed by atoms with Gasteiger partial charge in [0.2, 0.25) is 0 Å². The van der Waals surface area contributed by atoms with Crippen molar-refractivity contribution in [1.29, 1.82) is 0 Å². The van der Waals surface area contributed by atoms with Gasteiger partial charge in [-0.2, -0.15) is 0 Å².